The zero-order chi connectivity index (χ0) is 16.9. The standard InChI is InChI=1S/C12H16N2O2S.C6H6/c1-9(8-17-10(2)15)12(16)14-7-11-3-5-13-6-4-11;1-2-4-6-5-3-1/h3-6,9H,7-8H2,1-2H3,(H,14,16);1-6H. The number of rotatable bonds is 5. The number of carbonyl (C=O) groups is 2. The zero-order valence-electron chi connectivity index (χ0n) is 13.4. The lowest BCUT2D eigenvalue weighted by Crippen LogP contribution is -2.30. The number of aromatic nitrogens is 1. The minimum atomic E-state index is -0.161. The van der Waals surface area contributed by atoms with Crippen molar-refractivity contribution in [3.05, 3.63) is 66.5 Å². The molecule has 1 amide bonds. The van der Waals surface area contributed by atoms with E-state index in [1.54, 1.807) is 12.4 Å². The molecule has 4 nitrogen and oxygen atoms in total. The summed E-state index contributed by atoms with van der Waals surface area (Å²) in [7, 11) is 0. The van der Waals surface area contributed by atoms with Gasteiger partial charge in [-0.1, -0.05) is 55.1 Å². The highest BCUT2D eigenvalue weighted by molar-refractivity contribution is 8.13. The van der Waals surface area contributed by atoms with Crippen molar-refractivity contribution in [2.75, 3.05) is 5.75 Å². The Morgan fingerprint density at radius 1 is 1.09 bits per heavy atom. The number of pyridine rings is 1. The maximum absolute atomic E-state index is 11.7. The summed E-state index contributed by atoms with van der Waals surface area (Å²) < 4.78 is 0. The van der Waals surface area contributed by atoms with E-state index in [9.17, 15) is 9.59 Å². The summed E-state index contributed by atoms with van der Waals surface area (Å²) in [5, 5.41) is 2.87. The Bertz CT molecular complexity index is 549. The molecule has 0 aliphatic rings. The first-order chi connectivity index (χ1) is 11.1. The Labute approximate surface area is 141 Å². The predicted molar refractivity (Wildman–Crippen MR) is 94.8 cm³/mol. The average molecular weight is 330 g/mol. The van der Waals surface area contributed by atoms with Crippen LogP contribution in [0.1, 0.15) is 19.4 Å². The van der Waals surface area contributed by atoms with E-state index in [0.29, 0.717) is 12.3 Å². The summed E-state index contributed by atoms with van der Waals surface area (Å²) in [5.41, 5.74) is 1.01. The molecule has 1 atom stereocenters. The summed E-state index contributed by atoms with van der Waals surface area (Å²) >= 11 is 1.18. The largest absolute Gasteiger partial charge is 0.352 e. The topological polar surface area (TPSA) is 59.1 Å². The first kappa shape index (κ1) is 18.9. The van der Waals surface area contributed by atoms with E-state index in [4.69, 9.17) is 0 Å². The molecule has 0 aliphatic heterocycles. The Hall–Kier alpha value is -2.14. The number of carbonyl (C=O) groups excluding carboxylic acids is 2. The highest BCUT2D eigenvalue weighted by Gasteiger charge is 2.13. The molecule has 1 aromatic heterocycles. The molecule has 2 aromatic rings. The van der Waals surface area contributed by atoms with Crippen molar-refractivity contribution in [1.82, 2.24) is 10.3 Å². The summed E-state index contributed by atoms with van der Waals surface area (Å²) in [6, 6.07) is 15.7. The molecule has 1 heterocycles. The van der Waals surface area contributed by atoms with Gasteiger partial charge in [0.2, 0.25) is 5.91 Å². The summed E-state index contributed by atoms with van der Waals surface area (Å²) in [6.45, 7) is 3.82. The van der Waals surface area contributed by atoms with Crippen molar-refractivity contribution in [2.45, 2.75) is 20.4 Å². The van der Waals surface area contributed by atoms with E-state index in [1.165, 1.54) is 18.7 Å². The number of hydrogen-bond acceptors (Lipinski definition) is 4. The van der Waals surface area contributed by atoms with Gasteiger partial charge in [-0.05, 0) is 17.7 Å². The van der Waals surface area contributed by atoms with Gasteiger partial charge < -0.3 is 5.32 Å². The molecule has 0 bridgehead atoms. The third kappa shape index (κ3) is 9.47. The van der Waals surface area contributed by atoms with Gasteiger partial charge in [0.15, 0.2) is 5.12 Å². The van der Waals surface area contributed by atoms with Gasteiger partial charge in [-0.3, -0.25) is 14.6 Å². The van der Waals surface area contributed by atoms with Crippen LogP contribution in [0.15, 0.2) is 60.9 Å². The highest BCUT2D eigenvalue weighted by Crippen LogP contribution is 2.09. The summed E-state index contributed by atoms with van der Waals surface area (Å²) in [4.78, 5) is 26.4. The first-order valence-corrected chi connectivity index (χ1v) is 8.38. The lowest BCUT2D eigenvalue weighted by atomic mass is 10.2. The molecule has 1 N–H and O–H groups in total. The lowest BCUT2D eigenvalue weighted by molar-refractivity contribution is -0.124. The van der Waals surface area contributed by atoms with Crippen molar-refractivity contribution in [3.8, 4) is 0 Å². The highest BCUT2D eigenvalue weighted by atomic mass is 32.2. The van der Waals surface area contributed by atoms with E-state index >= 15 is 0 Å². The van der Waals surface area contributed by atoms with E-state index in [0.717, 1.165) is 5.56 Å². The van der Waals surface area contributed by atoms with Crippen LogP contribution in [-0.2, 0) is 16.1 Å². The van der Waals surface area contributed by atoms with Crippen LogP contribution >= 0.6 is 11.8 Å². The third-order valence-corrected chi connectivity index (χ3v) is 3.94. The monoisotopic (exact) mass is 330 g/mol. The van der Waals surface area contributed by atoms with Crippen LogP contribution in [-0.4, -0.2) is 21.8 Å². The van der Waals surface area contributed by atoms with Gasteiger partial charge in [0.05, 0.1) is 0 Å². The number of benzene rings is 1. The third-order valence-electron chi connectivity index (χ3n) is 2.87. The molecule has 0 aliphatic carbocycles. The van der Waals surface area contributed by atoms with Gasteiger partial charge in [-0.25, -0.2) is 0 Å². The minimum absolute atomic E-state index is 0.0319. The first-order valence-electron chi connectivity index (χ1n) is 7.39. The Kier molecular flexibility index (Phi) is 9.40. The molecule has 23 heavy (non-hydrogen) atoms. The molecule has 1 aromatic carbocycles. The average Bonchev–Trinajstić information content (AvgIpc) is 2.60. The fourth-order valence-electron chi connectivity index (χ4n) is 1.57. The van der Waals surface area contributed by atoms with Crippen LogP contribution < -0.4 is 5.32 Å². The Morgan fingerprint density at radius 3 is 2.09 bits per heavy atom. The summed E-state index contributed by atoms with van der Waals surface area (Å²) in [6.07, 6.45) is 3.38. The molecule has 0 spiro atoms. The van der Waals surface area contributed by atoms with E-state index in [2.05, 4.69) is 10.3 Å². The minimum Gasteiger partial charge on any atom is -0.352 e. The molecular formula is C18H22N2O2S. The Morgan fingerprint density at radius 2 is 1.61 bits per heavy atom. The fraction of sp³-hybridized carbons (Fsp3) is 0.278. The maximum Gasteiger partial charge on any atom is 0.223 e. The number of hydrogen-bond donors (Lipinski definition) is 1. The van der Waals surface area contributed by atoms with Crippen molar-refractivity contribution in [3.63, 3.8) is 0 Å². The maximum atomic E-state index is 11.7. The SMILES string of the molecule is CC(=O)SCC(C)C(=O)NCc1ccncc1.c1ccccc1. The van der Waals surface area contributed by atoms with Gasteiger partial charge in [-0.2, -0.15) is 0 Å². The van der Waals surface area contributed by atoms with E-state index in [1.807, 2.05) is 55.5 Å². The lowest BCUT2D eigenvalue weighted by Gasteiger charge is -2.10. The van der Waals surface area contributed by atoms with E-state index in [-0.39, 0.29) is 16.9 Å². The second kappa shape index (κ2) is 11.4. The van der Waals surface area contributed by atoms with Crippen LogP contribution in [0.4, 0.5) is 0 Å². The molecule has 5 heteroatoms. The van der Waals surface area contributed by atoms with Crippen molar-refractivity contribution in [1.29, 1.82) is 0 Å². The van der Waals surface area contributed by atoms with Gasteiger partial charge in [0.1, 0.15) is 0 Å². The van der Waals surface area contributed by atoms with Crippen molar-refractivity contribution >= 4 is 22.8 Å². The van der Waals surface area contributed by atoms with Crippen LogP contribution in [0.2, 0.25) is 0 Å². The molecule has 0 saturated carbocycles. The van der Waals surface area contributed by atoms with Gasteiger partial charge in [0, 0.05) is 37.5 Å². The molecule has 0 radical (unpaired) electrons. The van der Waals surface area contributed by atoms with Crippen molar-refractivity contribution in [2.24, 2.45) is 5.92 Å². The smallest absolute Gasteiger partial charge is 0.223 e. The van der Waals surface area contributed by atoms with Gasteiger partial charge >= 0.3 is 0 Å². The van der Waals surface area contributed by atoms with Crippen LogP contribution in [0.25, 0.3) is 0 Å². The second-order valence-corrected chi connectivity index (χ2v) is 6.13. The fourth-order valence-corrected chi connectivity index (χ4v) is 2.20. The normalized spacial score (nSPS) is 10.9. The summed E-state index contributed by atoms with van der Waals surface area (Å²) in [5.74, 6) is 0.332. The predicted octanol–water partition coefficient (Wildman–Crippen LogP) is 3.30. The molecule has 0 fully saturated rings. The zero-order valence-corrected chi connectivity index (χ0v) is 14.3. The second-order valence-electron chi connectivity index (χ2n) is 4.93. The van der Waals surface area contributed by atoms with Gasteiger partial charge in [0.25, 0.3) is 0 Å². The number of nitrogens with one attached hydrogen (secondary N) is 1. The van der Waals surface area contributed by atoms with E-state index < -0.39 is 0 Å². The molecular weight excluding hydrogens is 308 g/mol. The van der Waals surface area contributed by atoms with Crippen molar-refractivity contribution < 1.29 is 9.59 Å². The number of amides is 1. The quantitative estimate of drug-likeness (QED) is 0.914. The molecule has 2 rings (SSSR count). The van der Waals surface area contributed by atoms with Gasteiger partial charge in [-0.15, -0.1) is 0 Å². The van der Waals surface area contributed by atoms with Crippen LogP contribution in [0.3, 0.4) is 0 Å². The number of nitrogens with zero attached hydrogens (tertiary/aromatic N) is 1. The number of thioether (sulfide) groups is 1. The Balaban J connectivity index is 0.000000366. The molecule has 0 saturated heterocycles. The van der Waals surface area contributed by atoms with Crippen LogP contribution in [0, 0.1) is 5.92 Å². The van der Waals surface area contributed by atoms with Crippen LogP contribution in [0.5, 0.6) is 0 Å². The molecule has 122 valence electrons. The molecule has 1 unspecified atom stereocenters.